The van der Waals surface area contributed by atoms with Crippen molar-refractivity contribution in [2.45, 2.75) is 18.9 Å². The van der Waals surface area contributed by atoms with Gasteiger partial charge in [0.2, 0.25) is 0 Å². The maximum Gasteiger partial charge on any atom is 0.359 e. The van der Waals surface area contributed by atoms with Gasteiger partial charge in [-0.05, 0) is 19.4 Å². The van der Waals surface area contributed by atoms with Crippen molar-refractivity contribution in [3.05, 3.63) is 10.1 Å². The highest BCUT2D eigenvalue weighted by molar-refractivity contribution is 5.75. The minimum absolute atomic E-state index is 0.468. The number of hydrogen-bond donors (Lipinski definition) is 1. The summed E-state index contributed by atoms with van der Waals surface area (Å²) in [7, 11) is 0. The first kappa shape index (κ1) is 8.72. The van der Waals surface area contributed by atoms with Gasteiger partial charge < -0.3 is 5.32 Å². The molecule has 0 amide bonds. The molecule has 0 spiro atoms. The Morgan fingerprint density at radius 2 is 2.42 bits per heavy atom. The van der Waals surface area contributed by atoms with Gasteiger partial charge in [0.15, 0.2) is 0 Å². The second-order valence-corrected chi connectivity index (χ2v) is 2.35. The predicted molar refractivity (Wildman–Crippen MR) is 35.2 cm³/mol. The molecule has 0 aromatic rings. The van der Waals surface area contributed by atoms with Crippen molar-refractivity contribution in [1.29, 1.82) is 0 Å². The molecule has 1 N–H and O–H groups in total. The Morgan fingerprint density at radius 1 is 1.67 bits per heavy atom. The van der Waals surface area contributed by atoms with Crippen LogP contribution in [0.25, 0.3) is 0 Å². The van der Waals surface area contributed by atoms with Crippen molar-refractivity contribution in [1.82, 2.24) is 5.32 Å². The molecule has 0 aromatic carbocycles. The van der Waals surface area contributed by atoms with Crippen molar-refractivity contribution >= 4 is 5.97 Å². The van der Waals surface area contributed by atoms with Gasteiger partial charge in [0.25, 0.3) is 0 Å². The summed E-state index contributed by atoms with van der Waals surface area (Å²) in [6.07, 6.45) is 1.48. The molecule has 1 fully saturated rings. The van der Waals surface area contributed by atoms with E-state index in [1.807, 2.05) is 0 Å². The molecule has 0 radical (unpaired) electrons. The van der Waals surface area contributed by atoms with E-state index < -0.39 is 17.1 Å². The molecule has 7 heteroatoms. The molecular weight excluding hydrogens is 168 g/mol. The normalized spacial score (nSPS) is 21.8. The number of hydrogen-bond acceptors (Lipinski definition) is 6. The quantitative estimate of drug-likeness (QED) is 0.351. The first-order valence-corrected chi connectivity index (χ1v) is 3.46. The van der Waals surface area contributed by atoms with E-state index in [-0.39, 0.29) is 0 Å². The molecule has 1 aliphatic rings. The van der Waals surface area contributed by atoms with E-state index >= 15 is 0 Å². The van der Waals surface area contributed by atoms with Crippen molar-refractivity contribution < 1.29 is 19.8 Å². The molecule has 1 aliphatic heterocycles. The Morgan fingerprint density at radius 3 is 2.92 bits per heavy atom. The molecule has 0 aromatic heterocycles. The second kappa shape index (κ2) is 3.86. The van der Waals surface area contributed by atoms with Crippen molar-refractivity contribution in [2.24, 2.45) is 0 Å². The van der Waals surface area contributed by atoms with Gasteiger partial charge in [-0.15, -0.1) is 10.1 Å². The van der Waals surface area contributed by atoms with Crippen LogP contribution in [0, 0.1) is 10.1 Å². The van der Waals surface area contributed by atoms with Gasteiger partial charge in [-0.1, -0.05) is 4.99 Å². The molecule has 1 atom stereocenters. The molecule has 0 aliphatic carbocycles. The zero-order chi connectivity index (χ0) is 8.97. The zero-order valence-electron chi connectivity index (χ0n) is 6.19. The van der Waals surface area contributed by atoms with E-state index in [0.717, 1.165) is 13.0 Å². The maximum atomic E-state index is 10.8. The summed E-state index contributed by atoms with van der Waals surface area (Å²) >= 11 is 0. The third-order valence-electron chi connectivity index (χ3n) is 1.53. The summed E-state index contributed by atoms with van der Waals surface area (Å²) in [5, 5.41) is 11.2. The summed E-state index contributed by atoms with van der Waals surface area (Å²) in [5.74, 6) is -0.746. The van der Waals surface area contributed by atoms with Crippen LogP contribution in [0.5, 0.6) is 0 Å². The topological polar surface area (TPSA) is 90.7 Å². The van der Waals surface area contributed by atoms with Gasteiger partial charge in [0.05, 0.1) is 0 Å². The Kier molecular flexibility index (Phi) is 2.81. The molecule has 0 bridgehead atoms. The fourth-order valence-electron chi connectivity index (χ4n) is 1.01. The minimum atomic E-state index is -1.17. The van der Waals surface area contributed by atoms with Crippen LogP contribution in [-0.4, -0.2) is 23.6 Å². The highest BCUT2D eigenvalue weighted by Gasteiger charge is 2.24. The average Bonchev–Trinajstić information content (AvgIpc) is 2.51. The predicted octanol–water partition coefficient (Wildman–Crippen LogP) is -0.595. The molecule has 1 heterocycles. The first-order valence-electron chi connectivity index (χ1n) is 3.46. The number of nitrogens with one attached hydrogen (secondary N) is 1. The van der Waals surface area contributed by atoms with Gasteiger partial charge in [0, 0.05) is 0 Å². The Hall–Kier alpha value is -1.37. The number of rotatable bonds is 3. The van der Waals surface area contributed by atoms with E-state index in [9.17, 15) is 14.9 Å². The fraction of sp³-hybridized carbons (Fsp3) is 0.800. The lowest BCUT2D eigenvalue weighted by Gasteiger charge is -2.05. The van der Waals surface area contributed by atoms with Gasteiger partial charge in [0.1, 0.15) is 6.04 Å². The third kappa shape index (κ3) is 2.35. The lowest BCUT2D eigenvalue weighted by atomic mass is 10.2. The summed E-state index contributed by atoms with van der Waals surface area (Å²) in [6.45, 7) is 0.720. The first-order chi connectivity index (χ1) is 5.70. The Labute approximate surface area is 67.7 Å². The Balaban J connectivity index is 2.23. The van der Waals surface area contributed by atoms with Crippen LogP contribution in [-0.2, 0) is 14.7 Å². The van der Waals surface area contributed by atoms with Gasteiger partial charge in [-0.3, -0.25) is 4.89 Å². The zero-order valence-corrected chi connectivity index (χ0v) is 6.19. The minimum Gasteiger partial charge on any atom is -0.304 e. The third-order valence-corrected chi connectivity index (χ3v) is 1.53. The van der Waals surface area contributed by atoms with Crippen LogP contribution < -0.4 is 5.32 Å². The van der Waals surface area contributed by atoms with E-state index in [1.54, 1.807) is 0 Å². The smallest absolute Gasteiger partial charge is 0.304 e. The van der Waals surface area contributed by atoms with E-state index in [2.05, 4.69) is 15.2 Å². The molecule has 7 nitrogen and oxygen atoms in total. The van der Waals surface area contributed by atoms with Gasteiger partial charge >= 0.3 is 11.1 Å². The summed E-state index contributed by atoms with van der Waals surface area (Å²) < 4.78 is 0. The molecule has 0 saturated carbocycles. The van der Waals surface area contributed by atoms with E-state index in [0.29, 0.717) is 6.42 Å². The lowest BCUT2D eigenvalue weighted by molar-refractivity contribution is -0.839. The Bertz CT molecular complexity index is 188. The van der Waals surface area contributed by atoms with E-state index in [1.165, 1.54) is 0 Å². The van der Waals surface area contributed by atoms with Gasteiger partial charge in [-0.2, -0.15) is 0 Å². The van der Waals surface area contributed by atoms with Crippen molar-refractivity contribution in [3.63, 3.8) is 0 Å². The second-order valence-electron chi connectivity index (χ2n) is 2.35. The highest BCUT2D eigenvalue weighted by Crippen LogP contribution is 2.06. The summed E-state index contributed by atoms with van der Waals surface area (Å²) in [4.78, 5) is 27.8. The van der Waals surface area contributed by atoms with Crippen molar-refractivity contribution in [2.75, 3.05) is 6.54 Å². The summed E-state index contributed by atoms with van der Waals surface area (Å²) in [5.41, 5.74) is 0. The van der Waals surface area contributed by atoms with E-state index in [4.69, 9.17) is 0 Å². The van der Waals surface area contributed by atoms with Gasteiger partial charge in [-0.25, -0.2) is 4.79 Å². The number of carbonyl (C=O) groups excluding carboxylic acids is 1. The van der Waals surface area contributed by atoms with Crippen LogP contribution in [0.3, 0.4) is 0 Å². The van der Waals surface area contributed by atoms with Crippen LogP contribution >= 0.6 is 0 Å². The SMILES string of the molecule is O=C(OO[N+](=O)[O-])C1CCCN1. The molecular formula is C5H8N2O5. The number of carbonyl (C=O) groups is 1. The molecule has 12 heavy (non-hydrogen) atoms. The standard InChI is InChI=1S/C5H8N2O5/c8-5(11-12-7(9)10)4-2-1-3-6-4/h4,6H,1-3H2. The van der Waals surface area contributed by atoms with Crippen LogP contribution in [0.15, 0.2) is 0 Å². The molecule has 1 rings (SSSR count). The fourth-order valence-corrected chi connectivity index (χ4v) is 1.01. The van der Waals surface area contributed by atoms with Crippen LogP contribution in [0.2, 0.25) is 0 Å². The van der Waals surface area contributed by atoms with Crippen LogP contribution in [0.1, 0.15) is 12.8 Å². The summed E-state index contributed by atoms with van der Waals surface area (Å²) in [6, 6.07) is -0.468. The van der Waals surface area contributed by atoms with Crippen molar-refractivity contribution in [3.8, 4) is 0 Å². The lowest BCUT2D eigenvalue weighted by Crippen LogP contribution is -2.32. The molecule has 68 valence electrons. The maximum absolute atomic E-state index is 10.8. The monoisotopic (exact) mass is 176 g/mol. The highest BCUT2D eigenvalue weighted by atomic mass is 17.3. The number of nitrogens with zero attached hydrogens (tertiary/aromatic N) is 1. The average molecular weight is 176 g/mol. The molecule has 1 unspecified atom stereocenters. The largest absolute Gasteiger partial charge is 0.359 e. The molecule has 1 saturated heterocycles. The van der Waals surface area contributed by atoms with Crippen LogP contribution in [0.4, 0.5) is 0 Å².